The minimum Gasteiger partial charge on any atom is -0.478 e. The van der Waals surface area contributed by atoms with E-state index in [2.05, 4.69) is 4.98 Å². The van der Waals surface area contributed by atoms with Crippen molar-refractivity contribution in [3.05, 3.63) is 41.6 Å². The second kappa shape index (κ2) is 7.64. The number of hydrogen-bond donors (Lipinski definition) is 0. The van der Waals surface area contributed by atoms with Crippen molar-refractivity contribution in [2.75, 3.05) is 13.7 Å². The molecule has 2 aliphatic heterocycles. The van der Waals surface area contributed by atoms with E-state index < -0.39 is 46.9 Å². The monoisotopic (exact) mass is 464 g/mol. The number of halogens is 3. The third-order valence-corrected chi connectivity index (χ3v) is 5.47. The predicted octanol–water partition coefficient (Wildman–Crippen LogP) is 4.58. The normalized spacial score (nSPS) is 22.3. The highest BCUT2D eigenvalue weighted by atomic mass is 19.4. The summed E-state index contributed by atoms with van der Waals surface area (Å²) in [4.78, 5) is 30.2. The van der Waals surface area contributed by atoms with Crippen LogP contribution in [0, 0.1) is 0 Å². The fourth-order valence-corrected chi connectivity index (χ4v) is 4.11. The average molecular weight is 464 g/mol. The first kappa shape index (κ1) is 22.9. The molecule has 0 bridgehead atoms. The molecule has 10 heteroatoms. The van der Waals surface area contributed by atoms with Crippen molar-refractivity contribution < 1.29 is 37.0 Å². The first-order valence-electron chi connectivity index (χ1n) is 10.3. The van der Waals surface area contributed by atoms with Crippen LogP contribution in [0.2, 0.25) is 0 Å². The summed E-state index contributed by atoms with van der Waals surface area (Å²) >= 11 is 0. The average Bonchev–Trinajstić information content (AvgIpc) is 3.09. The SMILES string of the molecule is COC(=O)[C@@H]1CC2(C=Cc3c(c(C(F)(F)F)nc4ccccc34)O2)CN1C(=O)OC(C)(C)C. The summed E-state index contributed by atoms with van der Waals surface area (Å²) in [5.41, 5.74) is -2.96. The zero-order valence-corrected chi connectivity index (χ0v) is 18.5. The highest BCUT2D eigenvalue weighted by Crippen LogP contribution is 2.47. The van der Waals surface area contributed by atoms with Crippen molar-refractivity contribution in [1.82, 2.24) is 9.88 Å². The Bertz CT molecular complexity index is 1160. The highest BCUT2D eigenvalue weighted by molar-refractivity contribution is 5.92. The van der Waals surface area contributed by atoms with Crippen LogP contribution in [0.25, 0.3) is 17.0 Å². The minimum atomic E-state index is -4.77. The van der Waals surface area contributed by atoms with Crippen LogP contribution in [0.3, 0.4) is 0 Å². The van der Waals surface area contributed by atoms with Crippen molar-refractivity contribution in [3.63, 3.8) is 0 Å². The summed E-state index contributed by atoms with van der Waals surface area (Å²) in [6, 6.07) is 5.37. The second-order valence-electron chi connectivity index (χ2n) is 9.07. The van der Waals surface area contributed by atoms with Crippen molar-refractivity contribution in [2.45, 2.75) is 50.6 Å². The van der Waals surface area contributed by atoms with Gasteiger partial charge >= 0.3 is 18.2 Å². The zero-order chi connectivity index (χ0) is 24.2. The van der Waals surface area contributed by atoms with Crippen molar-refractivity contribution in [1.29, 1.82) is 0 Å². The number of alkyl halides is 3. The summed E-state index contributed by atoms with van der Waals surface area (Å²) in [6.45, 7) is 4.82. The standard InChI is InChI=1S/C23H23F3N2O5/c1-21(2,3)33-20(30)28-12-22(11-16(28)19(29)31-4)10-9-14-13-7-5-6-8-15(13)27-18(17(14)32-22)23(24,25)26/h5-10,16H,11-12H2,1-4H3/t16-,22?/m0/s1. The number of likely N-dealkylation sites (tertiary alicyclic amines) is 1. The fraction of sp³-hybridized carbons (Fsp3) is 0.435. The summed E-state index contributed by atoms with van der Waals surface area (Å²) < 4.78 is 57.9. The number of carbonyl (C=O) groups is 2. The summed E-state index contributed by atoms with van der Waals surface area (Å²) in [7, 11) is 1.17. The minimum absolute atomic E-state index is 0.0982. The van der Waals surface area contributed by atoms with Crippen LogP contribution in [-0.2, 0) is 20.4 Å². The van der Waals surface area contributed by atoms with E-state index in [1.54, 1.807) is 45.0 Å². The van der Waals surface area contributed by atoms with Crippen molar-refractivity contribution in [2.24, 2.45) is 0 Å². The Hall–Kier alpha value is -3.30. The van der Waals surface area contributed by atoms with Gasteiger partial charge in [-0.05, 0) is 32.9 Å². The third-order valence-electron chi connectivity index (χ3n) is 5.47. The van der Waals surface area contributed by atoms with E-state index in [1.165, 1.54) is 19.3 Å². The van der Waals surface area contributed by atoms with Crippen LogP contribution in [0.5, 0.6) is 5.75 Å². The molecular weight excluding hydrogens is 441 g/mol. The van der Waals surface area contributed by atoms with Gasteiger partial charge in [0.2, 0.25) is 0 Å². The first-order chi connectivity index (χ1) is 15.3. The number of para-hydroxylation sites is 1. The van der Waals surface area contributed by atoms with Gasteiger partial charge in [0.05, 0.1) is 19.2 Å². The number of nitrogens with zero attached hydrogens (tertiary/aromatic N) is 2. The molecule has 2 aromatic rings. The molecule has 33 heavy (non-hydrogen) atoms. The Morgan fingerprint density at radius 2 is 1.91 bits per heavy atom. The molecule has 1 amide bonds. The van der Waals surface area contributed by atoms with Crippen LogP contribution >= 0.6 is 0 Å². The van der Waals surface area contributed by atoms with Crippen LogP contribution in [0.1, 0.15) is 38.4 Å². The van der Waals surface area contributed by atoms with E-state index in [0.717, 1.165) is 4.90 Å². The molecule has 176 valence electrons. The topological polar surface area (TPSA) is 78.0 Å². The maximum atomic E-state index is 13.9. The molecule has 2 aliphatic rings. The lowest BCUT2D eigenvalue weighted by molar-refractivity contribution is -0.146. The number of carbonyl (C=O) groups excluding carboxylic acids is 2. The Kier molecular flexibility index (Phi) is 5.29. The summed E-state index contributed by atoms with van der Waals surface area (Å²) in [5, 5.41) is 0.498. The molecule has 0 N–H and O–H groups in total. The van der Waals surface area contributed by atoms with E-state index in [9.17, 15) is 22.8 Å². The van der Waals surface area contributed by atoms with Gasteiger partial charge < -0.3 is 14.2 Å². The van der Waals surface area contributed by atoms with Gasteiger partial charge in [0.1, 0.15) is 17.2 Å². The molecule has 4 rings (SSSR count). The lowest BCUT2D eigenvalue weighted by Crippen LogP contribution is -2.45. The van der Waals surface area contributed by atoms with Crippen LogP contribution in [-0.4, -0.2) is 52.8 Å². The molecule has 1 fully saturated rings. The predicted molar refractivity (Wildman–Crippen MR) is 112 cm³/mol. The Morgan fingerprint density at radius 1 is 1.21 bits per heavy atom. The Balaban J connectivity index is 1.78. The van der Waals surface area contributed by atoms with Crippen LogP contribution in [0.4, 0.5) is 18.0 Å². The van der Waals surface area contributed by atoms with E-state index in [0.29, 0.717) is 5.39 Å². The molecule has 0 saturated carbocycles. The number of pyridine rings is 1. The van der Waals surface area contributed by atoms with Crippen LogP contribution < -0.4 is 4.74 Å². The molecule has 1 unspecified atom stereocenters. The van der Waals surface area contributed by atoms with Crippen molar-refractivity contribution >= 4 is 29.0 Å². The summed E-state index contributed by atoms with van der Waals surface area (Å²) in [5.74, 6) is -1.15. The first-order valence-corrected chi connectivity index (χ1v) is 10.3. The fourth-order valence-electron chi connectivity index (χ4n) is 4.11. The largest absolute Gasteiger partial charge is 0.478 e. The van der Waals surface area contributed by atoms with Gasteiger partial charge in [-0.25, -0.2) is 14.6 Å². The number of fused-ring (bicyclic) bond motifs is 3. The molecular formula is C23H23F3N2O5. The smallest absolute Gasteiger partial charge is 0.437 e. The van der Waals surface area contributed by atoms with Gasteiger partial charge in [0, 0.05) is 17.4 Å². The highest BCUT2D eigenvalue weighted by Gasteiger charge is 2.53. The number of aromatic nitrogens is 1. The number of benzene rings is 1. The second-order valence-corrected chi connectivity index (χ2v) is 9.07. The van der Waals surface area contributed by atoms with Gasteiger partial charge in [-0.2, -0.15) is 13.2 Å². The van der Waals surface area contributed by atoms with E-state index in [4.69, 9.17) is 14.2 Å². The van der Waals surface area contributed by atoms with Crippen molar-refractivity contribution in [3.8, 4) is 5.75 Å². The Labute approximate surface area is 188 Å². The molecule has 7 nitrogen and oxygen atoms in total. The molecule has 0 aliphatic carbocycles. The van der Waals surface area contributed by atoms with Crippen LogP contribution in [0.15, 0.2) is 30.3 Å². The van der Waals surface area contributed by atoms with Gasteiger partial charge in [-0.1, -0.05) is 24.3 Å². The number of amides is 1. The van der Waals surface area contributed by atoms with E-state index in [1.807, 2.05) is 0 Å². The molecule has 2 atom stereocenters. The lowest BCUT2D eigenvalue weighted by atomic mass is 9.93. The molecule has 1 aromatic heterocycles. The maximum Gasteiger partial charge on any atom is 0.437 e. The number of methoxy groups -OCH3 is 1. The number of ether oxygens (including phenoxy) is 3. The molecule has 1 aromatic carbocycles. The van der Waals surface area contributed by atoms with Gasteiger partial charge in [0.25, 0.3) is 0 Å². The quantitative estimate of drug-likeness (QED) is 0.575. The molecule has 1 saturated heterocycles. The van der Waals surface area contributed by atoms with E-state index >= 15 is 0 Å². The Morgan fingerprint density at radius 3 is 2.55 bits per heavy atom. The number of esters is 1. The van der Waals surface area contributed by atoms with E-state index in [-0.39, 0.29) is 24.0 Å². The lowest BCUT2D eigenvalue weighted by Gasteiger charge is -2.33. The zero-order valence-electron chi connectivity index (χ0n) is 18.5. The van der Waals surface area contributed by atoms with Gasteiger partial charge in [0.15, 0.2) is 11.4 Å². The third kappa shape index (κ3) is 4.21. The number of hydrogen-bond acceptors (Lipinski definition) is 6. The van der Waals surface area contributed by atoms with Gasteiger partial charge in [-0.15, -0.1) is 0 Å². The molecule has 0 radical (unpaired) electrons. The van der Waals surface area contributed by atoms with Gasteiger partial charge in [-0.3, -0.25) is 4.90 Å². The molecule has 3 heterocycles. The molecule has 1 spiro atoms. The summed E-state index contributed by atoms with van der Waals surface area (Å²) in [6.07, 6.45) is -2.54. The number of rotatable bonds is 1. The maximum absolute atomic E-state index is 13.9.